The first kappa shape index (κ1) is 14.3. The van der Waals surface area contributed by atoms with Crippen molar-refractivity contribution in [2.24, 2.45) is 5.92 Å². The fourth-order valence-corrected chi connectivity index (χ4v) is 2.67. The van der Waals surface area contributed by atoms with Crippen LogP contribution in [0.15, 0.2) is 18.3 Å². The summed E-state index contributed by atoms with van der Waals surface area (Å²) in [4.78, 5) is 7.07. The number of aromatic nitrogens is 1. The first-order valence-corrected chi connectivity index (χ1v) is 7.37. The summed E-state index contributed by atoms with van der Waals surface area (Å²) in [7, 11) is 2.04. The third kappa shape index (κ3) is 3.69. The standard InChI is InChI=1S/C16H27N3/c1-16(2,3)14-5-6-15(18-12-14)19-9-7-13(8-10-19)11-17-4/h5-6,12-13,17H,7-11H2,1-4H3. The quantitative estimate of drug-likeness (QED) is 0.907. The molecule has 0 radical (unpaired) electrons. The van der Waals surface area contributed by atoms with Gasteiger partial charge in [0.15, 0.2) is 0 Å². The normalized spacial score (nSPS) is 17.8. The van der Waals surface area contributed by atoms with E-state index in [0.717, 1.165) is 31.4 Å². The topological polar surface area (TPSA) is 28.2 Å². The number of pyridine rings is 1. The molecule has 106 valence electrons. The lowest BCUT2D eigenvalue weighted by molar-refractivity contribution is 0.392. The van der Waals surface area contributed by atoms with Gasteiger partial charge >= 0.3 is 0 Å². The molecule has 0 amide bonds. The summed E-state index contributed by atoms with van der Waals surface area (Å²) in [5.41, 5.74) is 1.49. The fraction of sp³-hybridized carbons (Fsp3) is 0.688. The van der Waals surface area contributed by atoms with Crippen molar-refractivity contribution in [1.82, 2.24) is 10.3 Å². The van der Waals surface area contributed by atoms with Gasteiger partial charge < -0.3 is 10.2 Å². The van der Waals surface area contributed by atoms with Gasteiger partial charge in [-0.1, -0.05) is 26.8 Å². The molecular weight excluding hydrogens is 234 g/mol. The number of rotatable bonds is 3. The summed E-state index contributed by atoms with van der Waals surface area (Å²) in [6.07, 6.45) is 4.57. The first-order chi connectivity index (χ1) is 9.00. The summed E-state index contributed by atoms with van der Waals surface area (Å²) in [6, 6.07) is 4.40. The van der Waals surface area contributed by atoms with Crippen LogP contribution in [0.2, 0.25) is 0 Å². The number of nitrogens with one attached hydrogen (secondary N) is 1. The molecule has 0 aromatic carbocycles. The molecule has 3 nitrogen and oxygen atoms in total. The van der Waals surface area contributed by atoms with E-state index < -0.39 is 0 Å². The smallest absolute Gasteiger partial charge is 0.128 e. The van der Waals surface area contributed by atoms with Crippen molar-refractivity contribution >= 4 is 5.82 Å². The molecule has 1 N–H and O–H groups in total. The Balaban J connectivity index is 1.97. The molecule has 0 spiro atoms. The largest absolute Gasteiger partial charge is 0.357 e. The maximum absolute atomic E-state index is 4.65. The highest BCUT2D eigenvalue weighted by atomic mass is 15.2. The van der Waals surface area contributed by atoms with Crippen LogP contribution in [0.4, 0.5) is 5.82 Å². The molecule has 0 saturated carbocycles. The van der Waals surface area contributed by atoms with E-state index in [9.17, 15) is 0 Å². The van der Waals surface area contributed by atoms with Crippen molar-refractivity contribution in [1.29, 1.82) is 0 Å². The second-order valence-electron chi connectivity index (χ2n) is 6.64. The van der Waals surface area contributed by atoms with Gasteiger partial charge in [0, 0.05) is 19.3 Å². The molecule has 1 fully saturated rings. The maximum atomic E-state index is 4.65. The van der Waals surface area contributed by atoms with E-state index in [-0.39, 0.29) is 5.41 Å². The molecule has 1 aliphatic heterocycles. The Morgan fingerprint density at radius 2 is 1.95 bits per heavy atom. The van der Waals surface area contributed by atoms with E-state index in [0.29, 0.717) is 0 Å². The number of anilines is 1. The summed E-state index contributed by atoms with van der Waals surface area (Å²) < 4.78 is 0. The minimum absolute atomic E-state index is 0.186. The van der Waals surface area contributed by atoms with E-state index in [1.807, 2.05) is 13.2 Å². The lowest BCUT2D eigenvalue weighted by atomic mass is 9.88. The van der Waals surface area contributed by atoms with Gasteiger partial charge in [-0.2, -0.15) is 0 Å². The lowest BCUT2D eigenvalue weighted by Gasteiger charge is -2.33. The number of nitrogens with zero attached hydrogens (tertiary/aromatic N) is 2. The molecule has 1 aliphatic rings. The predicted molar refractivity (Wildman–Crippen MR) is 81.8 cm³/mol. The van der Waals surface area contributed by atoms with Crippen LogP contribution in [0.1, 0.15) is 39.2 Å². The Bertz CT molecular complexity index is 383. The number of hydrogen-bond acceptors (Lipinski definition) is 3. The second-order valence-corrected chi connectivity index (χ2v) is 6.64. The Labute approximate surface area is 117 Å². The zero-order valence-electron chi connectivity index (χ0n) is 12.7. The van der Waals surface area contributed by atoms with Crippen LogP contribution < -0.4 is 10.2 Å². The molecule has 1 saturated heterocycles. The molecule has 2 heterocycles. The highest BCUT2D eigenvalue weighted by Gasteiger charge is 2.20. The van der Waals surface area contributed by atoms with Crippen LogP contribution in [0.25, 0.3) is 0 Å². The van der Waals surface area contributed by atoms with Gasteiger partial charge in [0.05, 0.1) is 0 Å². The summed E-state index contributed by atoms with van der Waals surface area (Å²) in [5, 5.41) is 3.28. The average molecular weight is 261 g/mol. The molecule has 1 aromatic heterocycles. The molecule has 19 heavy (non-hydrogen) atoms. The molecule has 1 aromatic rings. The van der Waals surface area contributed by atoms with Gasteiger partial charge in [0.1, 0.15) is 5.82 Å². The minimum atomic E-state index is 0.186. The molecular formula is C16H27N3. The SMILES string of the molecule is CNCC1CCN(c2ccc(C(C)(C)C)cn2)CC1. The van der Waals surface area contributed by atoms with Crippen LogP contribution in [-0.4, -0.2) is 31.7 Å². The summed E-state index contributed by atoms with van der Waals surface area (Å²) >= 11 is 0. The molecule has 0 aliphatic carbocycles. The second kappa shape index (κ2) is 5.91. The first-order valence-electron chi connectivity index (χ1n) is 7.37. The Hall–Kier alpha value is -1.09. The zero-order valence-corrected chi connectivity index (χ0v) is 12.7. The maximum Gasteiger partial charge on any atom is 0.128 e. The van der Waals surface area contributed by atoms with Crippen molar-refractivity contribution in [2.75, 3.05) is 31.6 Å². The van der Waals surface area contributed by atoms with Crippen LogP contribution in [0.5, 0.6) is 0 Å². The third-order valence-corrected chi connectivity index (χ3v) is 4.05. The van der Waals surface area contributed by atoms with E-state index in [4.69, 9.17) is 0 Å². The van der Waals surface area contributed by atoms with Gasteiger partial charge in [0.2, 0.25) is 0 Å². The zero-order chi connectivity index (χ0) is 13.9. The van der Waals surface area contributed by atoms with E-state index in [1.54, 1.807) is 0 Å². The van der Waals surface area contributed by atoms with Crippen LogP contribution in [-0.2, 0) is 5.41 Å². The number of hydrogen-bond donors (Lipinski definition) is 1. The van der Waals surface area contributed by atoms with Crippen molar-refractivity contribution in [2.45, 2.75) is 39.0 Å². The third-order valence-electron chi connectivity index (χ3n) is 4.05. The van der Waals surface area contributed by atoms with Crippen molar-refractivity contribution in [3.8, 4) is 0 Å². The Kier molecular flexibility index (Phi) is 4.46. The molecule has 0 bridgehead atoms. The van der Waals surface area contributed by atoms with E-state index >= 15 is 0 Å². The van der Waals surface area contributed by atoms with Gasteiger partial charge in [-0.3, -0.25) is 0 Å². The Morgan fingerprint density at radius 1 is 1.26 bits per heavy atom. The van der Waals surface area contributed by atoms with Crippen LogP contribution >= 0.6 is 0 Å². The Morgan fingerprint density at radius 3 is 2.42 bits per heavy atom. The monoisotopic (exact) mass is 261 g/mol. The number of piperidine rings is 1. The highest BCUT2D eigenvalue weighted by molar-refractivity contribution is 5.40. The van der Waals surface area contributed by atoms with Gasteiger partial charge in [-0.15, -0.1) is 0 Å². The summed E-state index contributed by atoms with van der Waals surface area (Å²) in [5.74, 6) is 1.96. The van der Waals surface area contributed by atoms with Crippen LogP contribution in [0, 0.1) is 5.92 Å². The average Bonchev–Trinajstić information content (AvgIpc) is 2.39. The van der Waals surface area contributed by atoms with E-state index in [1.165, 1.54) is 18.4 Å². The van der Waals surface area contributed by atoms with Gasteiger partial charge in [-0.25, -0.2) is 4.98 Å². The van der Waals surface area contributed by atoms with E-state index in [2.05, 4.69) is 48.1 Å². The van der Waals surface area contributed by atoms with Crippen molar-refractivity contribution in [3.05, 3.63) is 23.9 Å². The summed E-state index contributed by atoms with van der Waals surface area (Å²) in [6.45, 7) is 10.1. The molecule has 0 unspecified atom stereocenters. The van der Waals surface area contributed by atoms with Gasteiger partial charge in [-0.05, 0) is 49.4 Å². The fourth-order valence-electron chi connectivity index (χ4n) is 2.67. The van der Waals surface area contributed by atoms with Crippen LogP contribution in [0.3, 0.4) is 0 Å². The molecule has 2 rings (SSSR count). The molecule has 0 atom stereocenters. The predicted octanol–water partition coefficient (Wildman–Crippen LogP) is 2.81. The van der Waals surface area contributed by atoms with Gasteiger partial charge in [0.25, 0.3) is 0 Å². The lowest BCUT2D eigenvalue weighted by Crippen LogP contribution is -2.37. The highest BCUT2D eigenvalue weighted by Crippen LogP contribution is 2.25. The minimum Gasteiger partial charge on any atom is -0.357 e. The van der Waals surface area contributed by atoms with Crippen molar-refractivity contribution < 1.29 is 0 Å². The van der Waals surface area contributed by atoms with Crippen molar-refractivity contribution in [3.63, 3.8) is 0 Å². The molecule has 3 heteroatoms.